The van der Waals surface area contributed by atoms with Gasteiger partial charge < -0.3 is 4.74 Å². The van der Waals surface area contributed by atoms with Gasteiger partial charge in [-0.1, -0.05) is 78.9 Å². The normalized spacial score (nSPS) is 42.8. The first-order valence-corrected chi connectivity index (χ1v) is 14.2. The van der Waals surface area contributed by atoms with Crippen LogP contribution in [-0.4, -0.2) is 18.9 Å². The van der Waals surface area contributed by atoms with Crippen molar-refractivity contribution in [2.45, 2.75) is 113 Å². The summed E-state index contributed by atoms with van der Waals surface area (Å²) in [5.41, 5.74) is 3.93. The first kappa shape index (κ1) is 26.0. The van der Waals surface area contributed by atoms with Crippen LogP contribution < -0.4 is 0 Å². The molecular formula is C31H50O3. The van der Waals surface area contributed by atoms with Gasteiger partial charge in [0, 0.05) is 5.92 Å². The minimum Gasteiger partial charge on any atom is -0.468 e. The molecule has 0 amide bonds. The van der Waals surface area contributed by atoms with Crippen molar-refractivity contribution >= 4 is 11.8 Å². The molecule has 2 fully saturated rings. The number of ketones is 1. The van der Waals surface area contributed by atoms with E-state index in [1.165, 1.54) is 45.6 Å². The molecule has 0 unspecified atom stereocenters. The quantitative estimate of drug-likeness (QED) is 0.226. The topological polar surface area (TPSA) is 43.4 Å². The third kappa shape index (κ3) is 3.74. The molecule has 0 aromatic rings. The lowest BCUT2D eigenvalue weighted by atomic mass is 9.44. The fourth-order valence-electron chi connectivity index (χ4n) is 9.60. The Morgan fingerprint density at radius 1 is 1.03 bits per heavy atom. The molecule has 4 aliphatic rings. The number of ether oxygens (including phenoxy) is 1. The van der Waals surface area contributed by atoms with Crippen molar-refractivity contribution in [3.8, 4) is 0 Å². The Morgan fingerprint density at radius 2 is 1.74 bits per heavy atom. The van der Waals surface area contributed by atoms with E-state index in [0.717, 1.165) is 37.0 Å². The molecular weight excluding hydrogens is 420 g/mol. The molecule has 0 aromatic heterocycles. The molecule has 0 radical (unpaired) electrons. The highest BCUT2D eigenvalue weighted by atomic mass is 16.5. The molecule has 4 rings (SSSR count). The van der Waals surface area contributed by atoms with Crippen molar-refractivity contribution in [3.05, 3.63) is 11.1 Å². The monoisotopic (exact) mass is 470 g/mol. The van der Waals surface area contributed by atoms with Crippen LogP contribution in [0, 0.1) is 51.8 Å². The second-order valence-electron chi connectivity index (χ2n) is 13.7. The Kier molecular flexibility index (Phi) is 6.93. The van der Waals surface area contributed by atoms with Gasteiger partial charge in [-0.15, -0.1) is 0 Å². The summed E-state index contributed by atoms with van der Waals surface area (Å²) in [5.74, 6) is 1.89. The lowest BCUT2D eigenvalue weighted by Gasteiger charge is -2.59. The summed E-state index contributed by atoms with van der Waals surface area (Å²) in [7, 11) is 1.42. The summed E-state index contributed by atoms with van der Waals surface area (Å²) in [5, 5.41) is 0. The number of carbonyl (C=O) groups is 2. The maximum atomic E-state index is 13.1. The molecule has 0 aromatic carbocycles. The molecule has 0 bridgehead atoms. The van der Waals surface area contributed by atoms with Gasteiger partial charge in [0.1, 0.15) is 11.7 Å². The van der Waals surface area contributed by atoms with Gasteiger partial charge in [0.25, 0.3) is 0 Å². The molecule has 8 atom stereocenters. The average molecular weight is 471 g/mol. The second kappa shape index (κ2) is 9.07. The summed E-state index contributed by atoms with van der Waals surface area (Å²) in [4.78, 5) is 25.7. The highest BCUT2D eigenvalue weighted by Gasteiger charge is 2.63. The maximum Gasteiger partial charge on any atom is 0.316 e. The molecule has 192 valence electrons. The van der Waals surface area contributed by atoms with Gasteiger partial charge in [0.2, 0.25) is 0 Å². The van der Waals surface area contributed by atoms with Crippen LogP contribution in [0.5, 0.6) is 0 Å². The molecule has 0 aliphatic heterocycles. The number of fused-ring (bicyclic) bond motifs is 4. The molecule has 0 heterocycles. The number of hydrogen-bond acceptors (Lipinski definition) is 3. The fraction of sp³-hybridized carbons (Fsp3) is 0.871. The largest absolute Gasteiger partial charge is 0.468 e. The predicted molar refractivity (Wildman–Crippen MR) is 138 cm³/mol. The third-order valence-corrected chi connectivity index (χ3v) is 11.8. The first-order valence-electron chi connectivity index (χ1n) is 14.2. The van der Waals surface area contributed by atoms with Crippen molar-refractivity contribution in [2.75, 3.05) is 7.11 Å². The van der Waals surface area contributed by atoms with Crippen LogP contribution in [0.4, 0.5) is 0 Å². The van der Waals surface area contributed by atoms with E-state index < -0.39 is 5.92 Å². The van der Waals surface area contributed by atoms with Crippen molar-refractivity contribution in [1.82, 2.24) is 0 Å². The van der Waals surface area contributed by atoms with Crippen molar-refractivity contribution in [2.24, 2.45) is 51.8 Å². The van der Waals surface area contributed by atoms with Crippen LogP contribution in [0.15, 0.2) is 11.1 Å². The predicted octanol–water partition coefficient (Wildman–Crippen LogP) is 7.78. The van der Waals surface area contributed by atoms with Gasteiger partial charge in [-0.2, -0.15) is 0 Å². The lowest BCUT2D eigenvalue weighted by molar-refractivity contribution is -0.157. The lowest BCUT2D eigenvalue weighted by Crippen LogP contribution is -2.54. The zero-order valence-corrected chi connectivity index (χ0v) is 23.3. The number of methoxy groups -OCH3 is 1. The van der Waals surface area contributed by atoms with Crippen LogP contribution in [-0.2, 0) is 14.3 Å². The van der Waals surface area contributed by atoms with Crippen molar-refractivity contribution in [3.63, 3.8) is 0 Å². The van der Waals surface area contributed by atoms with E-state index in [4.69, 9.17) is 4.74 Å². The van der Waals surface area contributed by atoms with Gasteiger partial charge in [-0.25, -0.2) is 0 Å². The van der Waals surface area contributed by atoms with Crippen LogP contribution in [0.1, 0.15) is 113 Å². The summed E-state index contributed by atoms with van der Waals surface area (Å²) in [6.45, 7) is 16.9. The molecule has 0 N–H and O–H groups in total. The Hall–Kier alpha value is -1.12. The summed E-state index contributed by atoms with van der Waals surface area (Å²) in [6.07, 6.45) is 12.0. The number of carbonyl (C=O) groups excluding carboxylic acids is 2. The second-order valence-corrected chi connectivity index (χ2v) is 13.7. The summed E-state index contributed by atoms with van der Waals surface area (Å²) >= 11 is 0. The molecule has 3 nitrogen and oxygen atoms in total. The zero-order valence-electron chi connectivity index (χ0n) is 23.3. The van der Waals surface area contributed by atoms with Gasteiger partial charge in [-0.05, 0) is 84.9 Å². The number of hydrogen-bond donors (Lipinski definition) is 0. The zero-order chi connectivity index (χ0) is 25.1. The van der Waals surface area contributed by atoms with E-state index in [1.807, 2.05) is 0 Å². The Labute approximate surface area is 208 Å². The Bertz CT molecular complexity index is 855. The average Bonchev–Trinajstić information content (AvgIpc) is 3.07. The first-order chi connectivity index (χ1) is 15.9. The van der Waals surface area contributed by atoms with Crippen LogP contribution in [0.2, 0.25) is 0 Å². The molecule has 3 heteroatoms. The minimum atomic E-state index is -0.591. The minimum absolute atomic E-state index is 0.0505. The highest BCUT2D eigenvalue weighted by molar-refractivity contribution is 6.01. The third-order valence-electron chi connectivity index (χ3n) is 11.8. The van der Waals surface area contributed by atoms with E-state index >= 15 is 0 Å². The maximum absolute atomic E-state index is 13.1. The van der Waals surface area contributed by atoms with Crippen LogP contribution in [0.25, 0.3) is 0 Å². The van der Waals surface area contributed by atoms with E-state index in [9.17, 15) is 9.59 Å². The van der Waals surface area contributed by atoms with E-state index in [-0.39, 0.29) is 28.5 Å². The summed E-state index contributed by atoms with van der Waals surface area (Å²) < 4.78 is 5.09. The van der Waals surface area contributed by atoms with E-state index in [1.54, 1.807) is 11.1 Å². The van der Waals surface area contributed by atoms with E-state index in [0.29, 0.717) is 17.8 Å². The fourth-order valence-corrected chi connectivity index (χ4v) is 9.60. The van der Waals surface area contributed by atoms with Gasteiger partial charge >= 0.3 is 5.97 Å². The highest BCUT2D eigenvalue weighted by Crippen LogP contribution is 2.71. The van der Waals surface area contributed by atoms with Crippen LogP contribution >= 0.6 is 0 Å². The summed E-state index contributed by atoms with van der Waals surface area (Å²) in [6, 6.07) is 0. The smallest absolute Gasteiger partial charge is 0.316 e. The molecule has 2 saturated carbocycles. The number of allylic oxidation sites excluding steroid dienone is 2. The molecule has 0 spiro atoms. The van der Waals surface area contributed by atoms with Crippen molar-refractivity contribution < 1.29 is 14.3 Å². The van der Waals surface area contributed by atoms with Gasteiger partial charge in [0.15, 0.2) is 0 Å². The van der Waals surface area contributed by atoms with Gasteiger partial charge in [0.05, 0.1) is 7.11 Å². The standard InChI is InChI=1S/C31H50O3/c1-19(2)10-9-11-20(3)23-14-16-31(7)26-13-12-24-21(4)27(32)22(28(33)34-8)18-29(24,5)25(26)15-17-30(23,31)6/h19-24H,9-18H2,1-8H3/t20-,21-,22-,23+,24-,29-,30+,31-/m0/s1. The number of esters is 1. The van der Waals surface area contributed by atoms with Gasteiger partial charge in [-0.3, -0.25) is 9.59 Å². The molecule has 0 saturated heterocycles. The van der Waals surface area contributed by atoms with E-state index in [2.05, 4.69) is 48.5 Å². The van der Waals surface area contributed by atoms with Crippen molar-refractivity contribution in [1.29, 1.82) is 0 Å². The number of Topliss-reactive ketones (excluding diaryl/α,β-unsaturated/α-hetero) is 1. The SMILES string of the molecule is COC(=O)[C@H]1C[C@]2(C)C3=C(CC[C@H]2[C@H](C)C1=O)[C@]1(C)CC[C@H]([C@@H](C)CCCC(C)C)[C@@]1(C)CC3. The Morgan fingerprint density at radius 3 is 2.38 bits per heavy atom. The number of rotatable bonds is 6. The van der Waals surface area contributed by atoms with Crippen LogP contribution in [0.3, 0.4) is 0 Å². The molecule has 4 aliphatic carbocycles. The Balaban J connectivity index is 1.65. The molecule has 34 heavy (non-hydrogen) atoms.